The molecule has 2 aromatic rings. The van der Waals surface area contributed by atoms with Crippen LogP contribution < -0.4 is 5.73 Å². The Balaban J connectivity index is 2.00. The summed E-state index contributed by atoms with van der Waals surface area (Å²) in [6, 6.07) is 7.12. The highest BCUT2D eigenvalue weighted by Crippen LogP contribution is 2.34. The van der Waals surface area contributed by atoms with Crippen LogP contribution in [0.3, 0.4) is 0 Å². The molecule has 1 aliphatic rings. The summed E-state index contributed by atoms with van der Waals surface area (Å²) in [6.07, 6.45) is 5.68. The number of fused-ring (bicyclic) bond motifs is 1. The molecule has 1 heterocycles. The van der Waals surface area contributed by atoms with E-state index in [1.54, 1.807) is 6.07 Å². The minimum absolute atomic E-state index is 0.135. The van der Waals surface area contributed by atoms with Gasteiger partial charge in [-0.25, -0.2) is 4.39 Å². The van der Waals surface area contributed by atoms with E-state index >= 15 is 0 Å². The predicted octanol–water partition coefficient (Wildman–Crippen LogP) is 3.95. The van der Waals surface area contributed by atoms with Gasteiger partial charge in [-0.2, -0.15) is 0 Å². The summed E-state index contributed by atoms with van der Waals surface area (Å²) in [6.45, 7) is 0. The Morgan fingerprint density at radius 1 is 1.17 bits per heavy atom. The number of furan rings is 1. The number of rotatable bonds is 1. The van der Waals surface area contributed by atoms with Crippen LogP contribution in [0.15, 0.2) is 28.7 Å². The zero-order valence-corrected chi connectivity index (χ0v) is 10.4. The Hall–Kier alpha value is -1.35. The molecule has 2 unspecified atom stereocenters. The van der Waals surface area contributed by atoms with Crippen LogP contribution in [-0.4, -0.2) is 6.04 Å². The molecular formula is C15H18FNO. The van der Waals surface area contributed by atoms with Gasteiger partial charge in [0.05, 0.1) is 0 Å². The van der Waals surface area contributed by atoms with E-state index in [1.165, 1.54) is 25.3 Å². The van der Waals surface area contributed by atoms with Gasteiger partial charge in [0.25, 0.3) is 0 Å². The predicted molar refractivity (Wildman–Crippen MR) is 70.0 cm³/mol. The van der Waals surface area contributed by atoms with Gasteiger partial charge in [-0.3, -0.25) is 0 Å². The third-order valence-corrected chi connectivity index (χ3v) is 3.95. The molecule has 0 bridgehead atoms. The van der Waals surface area contributed by atoms with Gasteiger partial charge >= 0.3 is 0 Å². The molecule has 1 saturated carbocycles. The van der Waals surface area contributed by atoms with Gasteiger partial charge in [0.1, 0.15) is 5.76 Å². The first-order valence-electron chi connectivity index (χ1n) is 6.69. The van der Waals surface area contributed by atoms with Crippen molar-refractivity contribution in [2.45, 2.75) is 44.1 Å². The molecule has 0 radical (unpaired) electrons. The summed E-state index contributed by atoms with van der Waals surface area (Å²) in [5.41, 5.74) is 6.58. The van der Waals surface area contributed by atoms with E-state index < -0.39 is 0 Å². The molecule has 1 aliphatic carbocycles. The maximum Gasteiger partial charge on any atom is 0.169 e. The van der Waals surface area contributed by atoms with E-state index in [0.29, 0.717) is 5.58 Å². The quantitative estimate of drug-likeness (QED) is 0.775. The molecule has 2 N–H and O–H groups in total. The van der Waals surface area contributed by atoms with Crippen LogP contribution in [0.4, 0.5) is 4.39 Å². The molecule has 3 heteroatoms. The fourth-order valence-electron chi connectivity index (χ4n) is 2.92. The van der Waals surface area contributed by atoms with Gasteiger partial charge in [-0.05, 0) is 25.0 Å². The van der Waals surface area contributed by atoms with Crippen LogP contribution in [0, 0.1) is 5.82 Å². The Morgan fingerprint density at radius 3 is 2.83 bits per heavy atom. The number of nitrogens with two attached hydrogens (primary N) is 1. The first-order valence-corrected chi connectivity index (χ1v) is 6.69. The maximum absolute atomic E-state index is 13.6. The van der Waals surface area contributed by atoms with E-state index in [2.05, 4.69) is 0 Å². The van der Waals surface area contributed by atoms with Gasteiger partial charge < -0.3 is 10.2 Å². The van der Waals surface area contributed by atoms with Crippen LogP contribution in [0.5, 0.6) is 0 Å². The SMILES string of the molecule is NC1CCCCCC1c1cc2cccc(F)c2o1. The number of hydrogen-bond donors (Lipinski definition) is 1. The number of halogens is 1. The van der Waals surface area contributed by atoms with Crippen LogP contribution in [-0.2, 0) is 0 Å². The average molecular weight is 247 g/mol. The molecule has 18 heavy (non-hydrogen) atoms. The maximum atomic E-state index is 13.6. The van der Waals surface area contributed by atoms with Crippen molar-refractivity contribution >= 4 is 11.0 Å². The van der Waals surface area contributed by atoms with E-state index in [0.717, 1.165) is 24.0 Å². The molecule has 1 fully saturated rings. The van der Waals surface area contributed by atoms with Crippen molar-refractivity contribution in [2.75, 3.05) is 0 Å². The van der Waals surface area contributed by atoms with E-state index in [1.807, 2.05) is 12.1 Å². The van der Waals surface area contributed by atoms with Crippen LogP contribution >= 0.6 is 0 Å². The Kier molecular flexibility index (Phi) is 3.08. The first kappa shape index (κ1) is 11.7. The van der Waals surface area contributed by atoms with Crippen molar-refractivity contribution in [3.8, 4) is 0 Å². The smallest absolute Gasteiger partial charge is 0.169 e. The number of para-hydroxylation sites is 1. The lowest BCUT2D eigenvalue weighted by atomic mass is 9.93. The molecule has 3 rings (SSSR count). The lowest BCUT2D eigenvalue weighted by Crippen LogP contribution is -2.26. The second-order valence-electron chi connectivity index (χ2n) is 5.22. The third-order valence-electron chi connectivity index (χ3n) is 3.95. The molecule has 0 spiro atoms. The summed E-state index contributed by atoms with van der Waals surface area (Å²) in [7, 11) is 0. The molecule has 0 saturated heterocycles. The molecule has 96 valence electrons. The van der Waals surface area contributed by atoms with Gasteiger partial charge in [0, 0.05) is 17.3 Å². The van der Waals surface area contributed by atoms with Crippen molar-refractivity contribution in [3.63, 3.8) is 0 Å². The largest absolute Gasteiger partial charge is 0.458 e. The van der Waals surface area contributed by atoms with Gasteiger partial charge in [-0.15, -0.1) is 0 Å². The summed E-state index contributed by atoms with van der Waals surface area (Å²) in [5, 5.41) is 0.835. The Morgan fingerprint density at radius 2 is 2.00 bits per heavy atom. The number of benzene rings is 1. The van der Waals surface area contributed by atoms with Gasteiger partial charge in [0.2, 0.25) is 0 Å². The number of hydrogen-bond acceptors (Lipinski definition) is 2. The highest BCUT2D eigenvalue weighted by Gasteiger charge is 2.25. The minimum atomic E-state index is -0.291. The van der Waals surface area contributed by atoms with Crippen molar-refractivity contribution in [3.05, 3.63) is 35.8 Å². The van der Waals surface area contributed by atoms with E-state index in [-0.39, 0.29) is 17.8 Å². The van der Waals surface area contributed by atoms with Gasteiger partial charge in [0.15, 0.2) is 11.4 Å². The zero-order valence-electron chi connectivity index (χ0n) is 10.4. The molecule has 0 amide bonds. The standard InChI is InChI=1S/C15H18FNO/c16-12-7-4-5-10-9-14(18-15(10)12)11-6-2-1-3-8-13(11)17/h4-5,7,9,11,13H,1-3,6,8,17H2. The molecule has 0 aliphatic heterocycles. The fraction of sp³-hybridized carbons (Fsp3) is 0.467. The van der Waals surface area contributed by atoms with Crippen molar-refractivity contribution < 1.29 is 8.81 Å². The Labute approximate surface area is 106 Å². The summed E-state index contributed by atoms with van der Waals surface area (Å²) in [5.74, 6) is 0.796. The molecule has 1 aromatic carbocycles. The highest BCUT2D eigenvalue weighted by atomic mass is 19.1. The van der Waals surface area contributed by atoms with Crippen molar-refractivity contribution in [1.82, 2.24) is 0 Å². The lowest BCUT2D eigenvalue weighted by molar-refractivity contribution is 0.412. The molecule has 1 aromatic heterocycles. The lowest BCUT2D eigenvalue weighted by Gasteiger charge is -2.18. The summed E-state index contributed by atoms with van der Waals surface area (Å²) in [4.78, 5) is 0. The second-order valence-corrected chi connectivity index (χ2v) is 5.22. The minimum Gasteiger partial charge on any atom is -0.458 e. The summed E-state index contributed by atoms with van der Waals surface area (Å²) >= 11 is 0. The van der Waals surface area contributed by atoms with E-state index in [9.17, 15) is 4.39 Å². The van der Waals surface area contributed by atoms with Crippen LogP contribution in [0.25, 0.3) is 11.0 Å². The first-order chi connectivity index (χ1) is 8.75. The van der Waals surface area contributed by atoms with Crippen LogP contribution in [0.2, 0.25) is 0 Å². The topological polar surface area (TPSA) is 39.2 Å². The Bertz CT molecular complexity index is 548. The molecule has 2 atom stereocenters. The van der Waals surface area contributed by atoms with Crippen molar-refractivity contribution in [1.29, 1.82) is 0 Å². The zero-order chi connectivity index (χ0) is 12.5. The fourth-order valence-corrected chi connectivity index (χ4v) is 2.92. The molecular weight excluding hydrogens is 229 g/mol. The average Bonchev–Trinajstić information content (AvgIpc) is 2.67. The highest BCUT2D eigenvalue weighted by molar-refractivity contribution is 5.78. The van der Waals surface area contributed by atoms with E-state index in [4.69, 9.17) is 10.2 Å². The monoisotopic (exact) mass is 247 g/mol. The van der Waals surface area contributed by atoms with Crippen LogP contribution in [0.1, 0.15) is 43.8 Å². The third kappa shape index (κ3) is 2.03. The summed E-state index contributed by atoms with van der Waals surface area (Å²) < 4.78 is 19.3. The van der Waals surface area contributed by atoms with Gasteiger partial charge in [-0.1, -0.05) is 31.4 Å². The van der Waals surface area contributed by atoms with Crippen molar-refractivity contribution in [2.24, 2.45) is 5.73 Å². The normalized spacial score (nSPS) is 25.2. The second kappa shape index (κ2) is 4.73. The molecule has 2 nitrogen and oxygen atoms in total.